The smallest absolute Gasteiger partial charge is 0.344 e. The molecule has 2 bridgehead atoms. The SMILES string of the molecule is O=C(N[C@H]1CCCNCC1)[C@@H]1CCC2CN1C(=O)N2O. The minimum Gasteiger partial charge on any atom is -0.352 e. The highest BCUT2D eigenvalue weighted by Crippen LogP contribution is 2.28. The average Bonchev–Trinajstić information content (AvgIpc) is 2.68. The largest absolute Gasteiger partial charge is 0.352 e. The number of piperidine rings is 1. The van der Waals surface area contributed by atoms with E-state index in [1.807, 2.05) is 0 Å². The Balaban J connectivity index is 1.61. The van der Waals surface area contributed by atoms with Crippen LogP contribution in [0.3, 0.4) is 0 Å². The number of hydrogen-bond donors (Lipinski definition) is 3. The van der Waals surface area contributed by atoms with Gasteiger partial charge in [0.2, 0.25) is 5.91 Å². The summed E-state index contributed by atoms with van der Waals surface area (Å²) in [6.07, 6.45) is 4.29. The average molecular weight is 282 g/mol. The van der Waals surface area contributed by atoms with E-state index in [-0.39, 0.29) is 18.0 Å². The van der Waals surface area contributed by atoms with Gasteiger partial charge >= 0.3 is 6.03 Å². The fourth-order valence-electron chi connectivity index (χ4n) is 3.38. The van der Waals surface area contributed by atoms with Crippen molar-refractivity contribution in [2.45, 2.75) is 50.2 Å². The third-order valence-electron chi connectivity index (χ3n) is 4.57. The fourth-order valence-corrected chi connectivity index (χ4v) is 3.38. The van der Waals surface area contributed by atoms with Gasteiger partial charge in [-0.05, 0) is 45.2 Å². The molecule has 3 N–H and O–H groups in total. The number of nitrogens with one attached hydrogen (secondary N) is 2. The van der Waals surface area contributed by atoms with Crippen LogP contribution in [0, 0.1) is 0 Å². The third-order valence-corrected chi connectivity index (χ3v) is 4.57. The molecule has 1 unspecified atom stereocenters. The van der Waals surface area contributed by atoms with Crippen LogP contribution in [0.1, 0.15) is 32.1 Å². The molecule has 0 aromatic rings. The first-order valence-electron chi connectivity index (χ1n) is 7.46. The van der Waals surface area contributed by atoms with Gasteiger partial charge in [-0.2, -0.15) is 0 Å². The van der Waals surface area contributed by atoms with E-state index >= 15 is 0 Å². The Morgan fingerprint density at radius 2 is 2.10 bits per heavy atom. The van der Waals surface area contributed by atoms with Gasteiger partial charge in [0.15, 0.2) is 0 Å². The number of carbonyl (C=O) groups is 2. The lowest BCUT2D eigenvalue weighted by molar-refractivity contribution is -0.126. The Morgan fingerprint density at radius 3 is 2.95 bits per heavy atom. The van der Waals surface area contributed by atoms with Crippen LogP contribution in [-0.4, -0.2) is 64.9 Å². The number of fused-ring (bicyclic) bond motifs is 2. The molecule has 3 fully saturated rings. The molecule has 3 amide bonds. The molecule has 3 aliphatic heterocycles. The summed E-state index contributed by atoms with van der Waals surface area (Å²) in [4.78, 5) is 25.8. The van der Waals surface area contributed by atoms with Crippen molar-refractivity contribution in [3.05, 3.63) is 0 Å². The van der Waals surface area contributed by atoms with Crippen LogP contribution < -0.4 is 10.6 Å². The van der Waals surface area contributed by atoms with Gasteiger partial charge < -0.3 is 15.5 Å². The molecule has 0 spiro atoms. The zero-order chi connectivity index (χ0) is 14.1. The molecular weight excluding hydrogens is 260 g/mol. The Labute approximate surface area is 118 Å². The van der Waals surface area contributed by atoms with Crippen molar-refractivity contribution in [3.63, 3.8) is 0 Å². The molecule has 7 heteroatoms. The molecular formula is C13H22N4O3. The molecule has 0 aromatic carbocycles. The number of rotatable bonds is 2. The molecule has 0 aliphatic carbocycles. The van der Waals surface area contributed by atoms with Crippen LogP contribution >= 0.6 is 0 Å². The van der Waals surface area contributed by atoms with Crippen LogP contribution in [0.2, 0.25) is 0 Å². The second-order valence-corrected chi connectivity index (χ2v) is 5.91. The second-order valence-electron chi connectivity index (χ2n) is 5.91. The highest BCUT2D eigenvalue weighted by molar-refractivity contribution is 5.88. The van der Waals surface area contributed by atoms with Crippen molar-refractivity contribution >= 4 is 11.9 Å². The number of urea groups is 1. The lowest BCUT2D eigenvalue weighted by Crippen LogP contribution is -2.52. The van der Waals surface area contributed by atoms with Gasteiger partial charge in [-0.1, -0.05) is 0 Å². The number of carbonyl (C=O) groups excluding carboxylic acids is 2. The minimum absolute atomic E-state index is 0.0704. The van der Waals surface area contributed by atoms with Crippen LogP contribution in [0.4, 0.5) is 4.79 Å². The monoisotopic (exact) mass is 282 g/mol. The molecule has 0 saturated carbocycles. The summed E-state index contributed by atoms with van der Waals surface area (Å²) < 4.78 is 0. The predicted molar refractivity (Wildman–Crippen MR) is 71.2 cm³/mol. The molecule has 3 atom stereocenters. The summed E-state index contributed by atoms with van der Waals surface area (Å²) in [5.74, 6) is -0.0704. The minimum atomic E-state index is -0.435. The maximum atomic E-state index is 12.4. The quantitative estimate of drug-likeness (QED) is 0.618. The Bertz CT molecular complexity index is 395. The van der Waals surface area contributed by atoms with Crippen molar-refractivity contribution in [3.8, 4) is 0 Å². The Morgan fingerprint density at radius 1 is 1.25 bits per heavy atom. The zero-order valence-corrected chi connectivity index (χ0v) is 11.5. The first-order chi connectivity index (χ1) is 9.66. The molecule has 0 aromatic heterocycles. The maximum Gasteiger partial charge on any atom is 0.344 e. The van der Waals surface area contributed by atoms with Gasteiger partial charge in [0.1, 0.15) is 6.04 Å². The van der Waals surface area contributed by atoms with Crippen molar-refractivity contribution in [2.24, 2.45) is 0 Å². The van der Waals surface area contributed by atoms with Gasteiger partial charge in [-0.15, -0.1) is 0 Å². The summed E-state index contributed by atoms with van der Waals surface area (Å²) in [5.41, 5.74) is 0. The molecule has 3 rings (SSSR count). The first-order valence-corrected chi connectivity index (χ1v) is 7.46. The van der Waals surface area contributed by atoms with E-state index in [0.717, 1.165) is 37.4 Å². The van der Waals surface area contributed by atoms with E-state index in [2.05, 4.69) is 10.6 Å². The molecule has 3 saturated heterocycles. The number of nitrogens with zero attached hydrogens (tertiary/aromatic N) is 2. The summed E-state index contributed by atoms with van der Waals surface area (Å²) in [6, 6.07) is -0.811. The Kier molecular flexibility index (Phi) is 3.80. The van der Waals surface area contributed by atoms with Gasteiger partial charge in [0, 0.05) is 12.6 Å². The van der Waals surface area contributed by atoms with E-state index in [9.17, 15) is 14.8 Å². The van der Waals surface area contributed by atoms with Crippen LogP contribution in [0.15, 0.2) is 0 Å². The van der Waals surface area contributed by atoms with E-state index in [1.165, 1.54) is 4.90 Å². The van der Waals surface area contributed by atoms with Crippen LogP contribution in [-0.2, 0) is 4.79 Å². The van der Waals surface area contributed by atoms with Crippen molar-refractivity contribution in [2.75, 3.05) is 19.6 Å². The predicted octanol–water partition coefficient (Wildman–Crippen LogP) is -0.0975. The highest BCUT2D eigenvalue weighted by Gasteiger charge is 2.46. The van der Waals surface area contributed by atoms with E-state index in [4.69, 9.17) is 0 Å². The van der Waals surface area contributed by atoms with E-state index in [0.29, 0.717) is 19.4 Å². The molecule has 0 radical (unpaired) electrons. The van der Waals surface area contributed by atoms with E-state index < -0.39 is 12.1 Å². The van der Waals surface area contributed by atoms with Gasteiger partial charge in [-0.3, -0.25) is 10.0 Å². The highest BCUT2D eigenvalue weighted by atomic mass is 16.5. The van der Waals surface area contributed by atoms with E-state index in [1.54, 1.807) is 0 Å². The fraction of sp³-hybridized carbons (Fsp3) is 0.846. The summed E-state index contributed by atoms with van der Waals surface area (Å²) in [5, 5.41) is 16.8. The standard InChI is InChI=1S/C13H22N4O3/c18-12(15-9-2-1-6-14-7-5-9)11-4-3-10-8-16(11)13(19)17(10)20/h9-11,14,20H,1-8H2,(H,15,18)/t9-,10?,11-/m0/s1. The Hall–Kier alpha value is -1.34. The molecule has 3 aliphatic rings. The van der Waals surface area contributed by atoms with Crippen LogP contribution in [0.25, 0.3) is 0 Å². The summed E-state index contributed by atoms with van der Waals surface area (Å²) in [7, 11) is 0. The van der Waals surface area contributed by atoms with Gasteiger partial charge in [-0.25, -0.2) is 9.86 Å². The lowest BCUT2D eigenvalue weighted by atomic mass is 9.99. The lowest BCUT2D eigenvalue weighted by Gasteiger charge is -2.30. The number of hydroxylamine groups is 2. The first kappa shape index (κ1) is 13.6. The maximum absolute atomic E-state index is 12.4. The van der Waals surface area contributed by atoms with Crippen molar-refractivity contribution < 1.29 is 14.8 Å². The topological polar surface area (TPSA) is 84.9 Å². The molecule has 20 heavy (non-hydrogen) atoms. The van der Waals surface area contributed by atoms with Gasteiger partial charge in [0.05, 0.1) is 6.04 Å². The zero-order valence-electron chi connectivity index (χ0n) is 11.5. The number of amides is 3. The molecule has 3 heterocycles. The van der Waals surface area contributed by atoms with Crippen molar-refractivity contribution in [1.82, 2.24) is 20.6 Å². The summed E-state index contributed by atoms with van der Waals surface area (Å²) >= 11 is 0. The normalized spacial score (nSPS) is 34.0. The molecule has 112 valence electrons. The second kappa shape index (κ2) is 5.57. The van der Waals surface area contributed by atoms with Gasteiger partial charge in [0.25, 0.3) is 0 Å². The number of hydrogen-bond acceptors (Lipinski definition) is 4. The summed E-state index contributed by atoms with van der Waals surface area (Å²) in [6.45, 7) is 2.38. The van der Waals surface area contributed by atoms with Crippen LogP contribution in [0.5, 0.6) is 0 Å². The third kappa shape index (κ3) is 2.47. The van der Waals surface area contributed by atoms with Crippen molar-refractivity contribution in [1.29, 1.82) is 0 Å². The molecule has 7 nitrogen and oxygen atoms in total.